The average molecular weight is 384 g/mol. The molecule has 5 nitrogen and oxygen atoms in total. The van der Waals surface area contributed by atoms with Gasteiger partial charge in [0, 0.05) is 35.0 Å². The van der Waals surface area contributed by atoms with Crippen molar-refractivity contribution in [1.82, 2.24) is 15.2 Å². The van der Waals surface area contributed by atoms with Crippen LogP contribution in [0.1, 0.15) is 54.5 Å². The molecule has 0 aliphatic heterocycles. The molecule has 2 aliphatic rings. The van der Waals surface area contributed by atoms with Gasteiger partial charge in [-0.3, -0.25) is 15.2 Å². The maximum absolute atomic E-state index is 5.71. The van der Waals surface area contributed by atoms with E-state index in [1.54, 1.807) is 11.3 Å². The van der Waals surface area contributed by atoms with Crippen molar-refractivity contribution in [3.8, 4) is 10.6 Å². The minimum absolute atomic E-state index is 0.597. The Kier molecular flexibility index (Phi) is 4.03. The van der Waals surface area contributed by atoms with Crippen LogP contribution >= 0.6 is 23.3 Å². The van der Waals surface area contributed by atoms with E-state index < -0.39 is 0 Å². The molecule has 2 aliphatic carbocycles. The van der Waals surface area contributed by atoms with Gasteiger partial charge in [0.15, 0.2) is 5.82 Å². The molecule has 3 aromatic rings. The summed E-state index contributed by atoms with van der Waals surface area (Å²) in [6, 6.07) is 8.53. The topological polar surface area (TPSA) is 79.6 Å². The molecule has 3 heterocycles. The fraction of sp³-hybridized carbons (Fsp3) is 0.368. The Morgan fingerprint density at radius 1 is 1.19 bits per heavy atom. The third kappa shape index (κ3) is 3.15. The second kappa shape index (κ2) is 6.40. The molecule has 3 aromatic heterocycles. The molecule has 0 aromatic carbocycles. The zero-order valence-corrected chi connectivity index (χ0v) is 16.2. The Labute approximate surface area is 160 Å². The Morgan fingerprint density at radius 3 is 2.69 bits per heavy atom. The highest BCUT2D eigenvalue weighted by Crippen LogP contribution is 2.44. The molecule has 134 valence electrons. The van der Waals surface area contributed by atoms with E-state index in [0.717, 1.165) is 27.0 Å². The van der Waals surface area contributed by atoms with Gasteiger partial charge in [0.05, 0.1) is 14.8 Å². The monoisotopic (exact) mass is 383 g/mol. The van der Waals surface area contributed by atoms with Crippen molar-refractivity contribution in [2.24, 2.45) is 5.14 Å². The molecule has 2 saturated carbocycles. The lowest BCUT2D eigenvalue weighted by Crippen LogP contribution is -2.00. The van der Waals surface area contributed by atoms with Crippen molar-refractivity contribution in [2.75, 3.05) is 5.32 Å². The summed E-state index contributed by atoms with van der Waals surface area (Å²) in [5.74, 6) is 2.16. The minimum Gasteiger partial charge on any atom is -0.338 e. The third-order valence-corrected chi connectivity index (χ3v) is 6.89. The number of pyridine rings is 1. The van der Waals surface area contributed by atoms with E-state index in [-0.39, 0.29) is 0 Å². The predicted octanol–water partition coefficient (Wildman–Crippen LogP) is 5.31. The molecule has 0 radical (unpaired) electrons. The quantitative estimate of drug-likeness (QED) is 0.503. The zero-order valence-electron chi connectivity index (χ0n) is 14.6. The minimum atomic E-state index is 0.597. The van der Waals surface area contributed by atoms with Crippen molar-refractivity contribution in [3.63, 3.8) is 0 Å². The molecule has 0 amide bonds. The first-order chi connectivity index (χ1) is 12.7. The van der Waals surface area contributed by atoms with E-state index in [2.05, 4.69) is 46.7 Å². The molecule has 4 N–H and O–H groups in total. The van der Waals surface area contributed by atoms with Gasteiger partial charge < -0.3 is 5.32 Å². The van der Waals surface area contributed by atoms with Gasteiger partial charge in [-0.15, -0.1) is 11.3 Å². The van der Waals surface area contributed by atoms with Crippen LogP contribution < -0.4 is 10.5 Å². The van der Waals surface area contributed by atoms with Gasteiger partial charge in [-0.05, 0) is 68.3 Å². The van der Waals surface area contributed by atoms with Crippen LogP contribution in [0.15, 0.2) is 28.5 Å². The van der Waals surface area contributed by atoms with E-state index >= 15 is 0 Å². The van der Waals surface area contributed by atoms with Crippen LogP contribution in [0.2, 0.25) is 0 Å². The molecule has 0 spiro atoms. The Balaban J connectivity index is 1.52. The summed E-state index contributed by atoms with van der Waals surface area (Å²) in [6.07, 6.45) is 5.01. The highest BCUT2D eigenvalue weighted by atomic mass is 32.2. The number of thiophene rings is 1. The number of nitrogens with one attached hydrogen (secondary N) is 2. The van der Waals surface area contributed by atoms with Gasteiger partial charge in [-0.25, -0.2) is 0 Å². The molecule has 0 saturated heterocycles. The number of anilines is 2. The first kappa shape index (κ1) is 16.4. The average Bonchev–Trinajstić information content (AvgIpc) is 3.58. The number of rotatable bonds is 6. The first-order valence-electron chi connectivity index (χ1n) is 9.02. The Hall–Kier alpha value is -1.83. The molecule has 2 fully saturated rings. The normalized spacial score (nSPS) is 16.8. The number of aromatic amines is 1. The summed E-state index contributed by atoms with van der Waals surface area (Å²) >= 11 is 2.99. The molecule has 0 bridgehead atoms. The summed E-state index contributed by atoms with van der Waals surface area (Å²) in [5, 5.41) is 16.9. The zero-order chi connectivity index (χ0) is 17.7. The number of H-pyrrole nitrogens is 1. The fourth-order valence-electron chi connectivity index (χ4n) is 3.24. The van der Waals surface area contributed by atoms with Crippen LogP contribution in [0, 0.1) is 6.92 Å². The van der Waals surface area contributed by atoms with Crippen molar-refractivity contribution in [3.05, 3.63) is 41.2 Å². The van der Waals surface area contributed by atoms with Crippen molar-refractivity contribution in [1.29, 1.82) is 0 Å². The largest absolute Gasteiger partial charge is 0.338 e. The van der Waals surface area contributed by atoms with Gasteiger partial charge in [-0.2, -0.15) is 5.10 Å². The molecule has 26 heavy (non-hydrogen) atoms. The molecular formula is C19H21N5S2. The number of nitrogens with zero attached hydrogens (tertiary/aromatic N) is 2. The number of aromatic nitrogens is 3. The second-order valence-corrected chi connectivity index (χ2v) is 9.20. The maximum Gasteiger partial charge on any atom is 0.152 e. The lowest BCUT2D eigenvalue weighted by atomic mass is 10.1. The van der Waals surface area contributed by atoms with Gasteiger partial charge >= 0.3 is 0 Å². The van der Waals surface area contributed by atoms with Crippen LogP contribution in [0.4, 0.5) is 11.5 Å². The standard InChI is InChI=1S/C19H21N5S2/c1-10-13(21-17-9-15(23-24-17)12-4-5-12)8-14(11-2-3-11)22-19(10)16-6-7-18(25-16)26-20/h6-9,11-12H,2-5,20H2,1H3,(H2,21,22,23,24). The Bertz CT molecular complexity index is 953. The van der Waals surface area contributed by atoms with Gasteiger partial charge in [0.1, 0.15) is 0 Å². The Morgan fingerprint density at radius 2 is 2.00 bits per heavy atom. The predicted molar refractivity (Wildman–Crippen MR) is 108 cm³/mol. The van der Waals surface area contributed by atoms with Crippen molar-refractivity contribution in [2.45, 2.75) is 48.7 Å². The molecule has 0 unspecified atom stereocenters. The summed E-state index contributed by atoms with van der Waals surface area (Å²) in [5.41, 5.74) is 5.73. The van der Waals surface area contributed by atoms with E-state index in [0.29, 0.717) is 11.8 Å². The molecule has 0 atom stereocenters. The maximum atomic E-state index is 5.71. The summed E-state index contributed by atoms with van der Waals surface area (Å²) < 4.78 is 1.11. The van der Waals surface area contributed by atoms with Crippen LogP contribution in [0.5, 0.6) is 0 Å². The first-order valence-corrected chi connectivity index (χ1v) is 10.7. The van der Waals surface area contributed by atoms with E-state index in [1.807, 2.05) is 0 Å². The van der Waals surface area contributed by atoms with E-state index in [9.17, 15) is 0 Å². The molecule has 7 heteroatoms. The van der Waals surface area contributed by atoms with Crippen LogP contribution in [-0.4, -0.2) is 15.2 Å². The summed E-state index contributed by atoms with van der Waals surface area (Å²) in [4.78, 5) is 6.16. The lowest BCUT2D eigenvalue weighted by Gasteiger charge is -2.13. The van der Waals surface area contributed by atoms with Gasteiger partial charge in [-0.1, -0.05) is 0 Å². The number of nitrogens with two attached hydrogens (primary N) is 1. The fourth-order valence-corrected chi connectivity index (χ4v) is 4.63. The number of hydrogen-bond donors (Lipinski definition) is 3. The highest BCUT2D eigenvalue weighted by Gasteiger charge is 2.28. The smallest absolute Gasteiger partial charge is 0.152 e. The SMILES string of the molecule is Cc1c(Nc2cc(C3CC3)[nH]n2)cc(C2CC2)nc1-c1ccc(SN)s1. The van der Waals surface area contributed by atoms with Gasteiger partial charge in [0.2, 0.25) is 0 Å². The van der Waals surface area contributed by atoms with E-state index in [1.165, 1.54) is 53.9 Å². The van der Waals surface area contributed by atoms with Crippen LogP contribution in [0.3, 0.4) is 0 Å². The van der Waals surface area contributed by atoms with Crippen LogP contribution in [-0.2, 0) is 0 Å². The summed E-state index contributed by atoms with van der Waals surface area (Å²) in [6.45, 7) is 2.13. The lowest BCUT2D eigenvalue weighted by molar-refractivity contribution is 0.966. The summed E-state index contributed by atoms with van der Waals surface area (Å²) in [7, 11) is 0. The van der Waals surface area contributed by atoms with E-state index in [4.69, 9.17) is 10.1 Å². The van der Waals surface area contributed by atoms with Gasteiger partial charge in [0.25, 0.3) is 0 Å². The molecular weight excluding hydrogens is 362 g/mol. The van der Waals surface area contributed by atoms with Crippen LogP contribution in [0.25, 0.3) is 10.6 Å². The second-order valence-electron chi connectivity index (χ2n) is 7.19. The van der Waals surface area contributed by atoms with Crippen molar-refractivity contribution < 1.29 is 0 Å². The highest BCUT2D eigenvalue weighted by molar-refractivity contribution is 7.99. The number of hydrogen-bond acceptors (Lipinski definition) is 6. The molecule has 5 rings (SSSR count). The third-order valence-electron chi connectivity index (χ3n) is 5.10. The van der Waals surface area contributed by atoms with Crippen molar-refractivity contribution >= 4 is 34.8 Å².